The average molecular weight is 196 g/mol. The van der Waals surface area contributed by atoms with Crippen molar-refractivity contribution in [2.75, 3.05) is 13.7 Å². The summed E-state index contributed by atoms with van der Waals surface area (Å²) in [6, 6.07) is 3.95. The second-order valence-corrected chi connectivity index (χ2v) is 3.62. The Kier molecular flexibility index (Phi) is 2.89. The van der Waals surface area contributed by atoms with Crippen molar-refractivity contribution >= 4 is 0 Å². The lowest BCUT2D eigenvalue weighted by molar-refractivity contribution is 0.0755. The van der Waals surface area contributed by atoms with E-state index in [1.54, 1.807) is 7.11 Å². The fraction of sp³-hybridized carbons (Fsp3) is 0.636. The molecular weight excluding hydrogens is 180 g/mol. The van der Waals surface area contributed by atoms with Crippen molar-refractivity contribution in [3.05, 3.63) is 23.7 Å². The molecule has 0 bridgehead atoms. The fourth-order valence-electron chi connectivity index (χ4n) is 1.68. The first-order valence-corrected chi connectivity index (χ1v) is 5.05. The summed E-state index contributed by atoms with van der Waals surface area (Å²) < 4.78 is 16.4. The van der Waals surface area contributed by atoms with E-state index in [9.17, 15) is 0 Å². The Balaban J connectivity index is 2.08. The predicted molar refractivity (Wildman–Crippen MR) is 52.1 cm³/mol. The van der Waals surface area contributed by atoms with Gasteiger partial charge in [0.05, 0.1) is 0 Å². The Morgan fingerprint density at radius 2 is 2.36 bits per heavy atom. The second kappa shape index (κ2) is 4.15. The van der Waals surface area contributed by atoms with Crippen LogP contribution in [0.5, 0.6) is 0 Å². The minimum absolute atomic E-state index is 0.0187. The molecule has 0 aliphatic carbocycles. The van der Waals surface area contributed by atoms with Crippen LogP contribution >= 0.6 is 0 Å². The van der Waals surface area contributed by atoms with E-state index in [0.717, 1.165) is 31.0 Å². The van der Waals surface area contributed by atoms with E-state index in [-0.39, 0.29) is 12.2 Å². The lowest BCUT2D eigenvalue weighted by Gasteiger charge is -2.07. The Morgan fingerprint density at radius 1 is 1.50 bits per heavy atom. The number of rotatable bonds is 3. The molecule has 2 unspecified atom stereocenters. The molecule has 1 aromatic heterocycles. The van der Waals surface area contributed by atoms with Gasteiger partial charge in [0.1, 0.15) is 23.7 Å². The zero-order valence-corrected chi connectivity index (χ0v) is 8.66. The summed E-state index contributed by atoms with van der Waals surface area (Å²) >= 11 is 0. The van der Waals surface area contributed by atoms with Crippen molar-refractivity contribution in [3.8, 4) is 0 Å². The third-order valence-corrected chi connectivity index (χ3v) is 2.65. The summed E-state index contributed by atoms with van der Waals surface area (Å²) in [7, 11) is 1.68. The number of ether oxygens (including phenoxy) is 2. The molecule has 3 heteroatoms. The topological polar surface area (TPSA) is 31.6 Å². The van der Waals surface area contributed by atoms with Crippen LogP contribution in [0.25, 0.3) is 0 Å². The monoisotopic (exact) mass is 196 g/mol. The molecule has 0 aromatic carbocycles. The molecule has 3 nitrogen and oxygen atoms in total. The van der Waals surface area contributed by atoms with Crippen molar-refractivity contribution in [2.24, 2.45) is 0 Å². The lowest BCUT2D eigenvalue weighted by Crippen LogP contribution is -1.95. The average Bonchev–Trinajstić information content (AvgIpc) is 2.86. The van der Waals surface area contributed by atoms with Gasteiger partial charge in [0.15, 0.2) is 0 Å². The maximum atomic E-state index is 5.67. The normalized spacial score (nSPS) is 24.0. The first kappa shape index (κ1) is 9.74. The SMILES string of the molecule is COC(C)c1ccc(C2CCCO2)o1. The fourth-order valence-corrected chi connectivity index (χ4v) is 1.68. The van der Waals surface area contributed by atoms with E-state index < -0.39 is 0 Å². The maximum absolute atomic E-state index is 5.67. The van der Waals surface area contributed by atoms with E-state index in [0.29, 0.717) is 0 Å². The van der Waals surface area contributed by atoms with Crippen molar-refractivity contribution in [1.29, 1.82) is 0 Å². The molecule has 0 radical (unpaired) electrons. The van der Waals surface area contributed by atoms with E-state index in [2.05, 4.69) is 0 Å². The van der Waals surface area contributed by atoms with E-state index in [1.165, 1.54) is 0 Å². The van der Waals surface area contributed by atoms with Crippen LogP contribution < -0.4 is 0 Å². The standard InChI is InChI=1S/C11H16O3/c1-8(12-2)9-5-6-11(14-9)10-4-3-7-13-10/h5-6,8,10H,3-4,7H2,1-2H3. The van der Waals surface area contributed by atoms with Crippen molar-refractivity contribution in [3.63, 3.8) is 0 Å². The molecule has 1 aromatic rings. The summed E-state index contributed by atoms with van der Waals surface area (Å²) in [5, 5.41) is 0. The number of hydrogen-bond acceptors (Lipinski definition) is 3. The summed E-state index contributed by atoms with van der Waals surface area (Å²) in [6.45, 7) is 2.82. The Morgan fingerprint density at radius 3 is 3.00 bits per heavy atom. The van der Waals surface area contributed by atoms with Gasteiger partial charge in [0, 0.05) is 13.7 Å². The van der Waals surface area contributed by atoms with Crippen LogP contribution in [0.1, 0.15) is 43.5 Å². The Bertz CT molecular complexity index is 286. The first-order chi connectivity index (χ1) is 6.81. The van der Waals surface area contributed by atoms with Gasteiger partial charge < -0.3 is 13.9 Å². The highest BCUT2D eigenvalue weighted by atomic mass is 16.5. The molecule has 0 spiro atoms. The molecule has 1 aliphatic rings. The first-order valence-electron chi connectivity index (χ1n) is 5.05. The van der Waals surface area contributed by atoms with Gasteiger partial charge in [-0.05, 0) is 31.9 Å². The number of furan rings is 1. The highest BCUT2D eigenvalue weighted by molar-refractivity contribution is 5.11. The van der Waals surface area contributed by atoms with Crippen LogP contribution in [0.3, 0.4) is 0 Å². The van der Waals surface area contributed by atoms with Crippen molar-refractivity contribution < 1.29 is 13.9 Å². The molecule has 78 valence electrons. The zero-order valence-electron chi connectivity index (χ0n) is 8.66. The van der Waals surface area contributed by atoms with Crippen LogP contribution in [0.15, 0.2) is 16.5 Å². The van der Waals surface area contributed by atoms with Gasteiger partial charge >= 0.3 is 0 Å². The van der Waals surface area contributed by atoms with Crippen molar-refractivity contribution in [2.45, 2.75) is 32.0 Å². The third-order valence-electron chi connectivity index (χ3n) is 2.65. The predicted octanol–water partition coefficient (Wildman–Crippen LogP) is 2.84. The smallest absolute Gasteiger partial charge is 0.133 e. The zero-order chi connectivity index (χ0) is 9.97. The maximum Gasteiger partial charge on any atom is 0.133 e. The van der Waals surface area contributed by atoms with Gasteiger partial charge in [-0.1, -0.05) is 0 Å². The van der Waals surface area contributed by atoms with Crippen LogP contribution in [-0.2, 0) is 9.47 Å². The van der Waals surface area contributed by atoms with E-state index in [4.69, 9.17) is 13.9 Å². The molecule has 0 saturated carbocycles. The molecule has 1 aliphatic heterocycles. The van der Waals surface area contributed by atoms with E-state index in [1.807, 2.05) is 19.1 Å². The van der Waals surface area contributed by atoms with Gasteiger partial charge in [-0.3, -0.25) is 0 Å². The van der Waals surface area contributed by atoms with Crippen LogP contribution in [0, 0.1) is 0 Å². The van der Waals surface area contributed by atoms with Crippen LogP contribution in [0.4, 0.5) is 0 Å². The number of methoxy groups -OCH3 is 1. The molecule has 1 saturated heterocycles. The lowest BCUT2D eigenvalue weighted by atomic mass is 10.2. The number of hydrogen-bond donors (Lipinski definition) is 0. The third kappa shape index (κ3) is 1.83. The Labute approximate surface area is 84.0 Å². The summed E-state index contributed by atoms with van der Waals surface area (Å²) in [5.41, 5.74) is 0. The highest BCUT2D eigenvalue weighted by Crippen LogP contribution is 2.31. The van der Waals surface area contributed by atoms with Gasteiger partial charge in [-0.25, -0.2) is 0 Å². The molecule has 0 N–H and O–H groups in total. The minimum Gasteiger partial charge on any atom is -0.461 e. The summed E-state index contributed by atoms with van der Waals surface area (Å²) in [4.78, 5) is 0. The van der Waals surface area contributed by atoms with Gasteiger partial charge in [-0.2, -0.15) is 0 Å². The molecular formula is C11H16O3. The van der Waals surface area contributed by atoms with Gasteiger partial charge in [0.2, 0.25) is 0 Å². The summed E-state index contributed by atoms with van der Waals surface area (Å²) in [6.07, 6.45) is 2.37. The second-order valence-electron chi connectivity index (χ2n) is 3.62. The molecule has 2 atom stereocenters. The van der Waals surface area contributed by atoms with Crippen LogP contribution in [0.2, 0.25) is 0 Å². The van der Waals surface area contributed by atoms with Gasteiger partial charge in [-0.15, -0.1) is 0 Å². The van der Waals surface area contributed by atoms with E-state index >= 15 is 0 Å². The largest absolute Gasteiger partial charge is 0.461 e. The van der Waals surface area contributed by atoms with Crippen molar-refractivity contribution in [1.82, 2.24) is 0 Å². The van der Waals surface area contributed by atoms with Crippen LogP contribution in [-0.4, -0.2) is 13.7 Å². The molecule has 1 fully saturated rings. The molecule has 2 rings (SSSR count). The quantitative estimate of drug-likeness (QED) is 0.745. The molecule has 14 heavy (non-hydrogen) atoms. The summed E-state index contributed by atoms with van der Waals surface area (Å²) in [5.74, 6) is 1.81. The minimum atomic E-state index is 0.0187. The molecule has 0 amide bonds. The Hall–Kier alpha value is -0.800. The highest BCUT2D eigenvalue weighted by Gasteiger charge is 2.21. The van der Waals surface area contributed by atoms with Gasteiger partial charge in [0.25, 0.3) is 0 Å². The molecule has 2 heterocycles.